The highest BCUT2D eigenvalue weighted by Gasteiger charge is 2.40. The number of nitrogens with one attached hydrogen (secondary N) is 1. The quantitative estimate of drug-likeness (QED) is 0.772. The van der Waals surface area contributed by atoms with Crippen LogP contribution < -0.4 is 5.32 Å². The van der Waals surface area contributed by atoms with E-state index in [0.717, 1.165) is 11.7 Å². The fourth-order valence-corrected chi connectivity index (χ4v) is 4.93. The van der Waals surface area contributed by atoms with Crippen LogP contribution >= 0.6 is 0 Å². The Morgan fingerprint density at radius 3 is 2.60 bits per heavy atom. The lowest BCUT2D eigenvalue weighted by Gasteiger charge is -2.48. The Kier molecular flexibility index (Phi) is 6.57. The van der Waals surface area contributed by atoms with Crippen LogP contribution in [0.2, 0.25) is 0 Å². The van der Waals surface area contributed by atoms with E-state index in [2.05, 4.69) is 24.1 Å². The molecule has 1 aliphatic carbocycles. The van der Waals surface area contributed by atoms with Crippen LogP contribution in [0.3, 0.4) is 0 Å². The van der Waals surface area contributed by atoms with E-state index in [1.54, 1.807) is 6.26 Å². The lowest BCUT2D eigenvalue weighted by atomic mass is 9.67. The zero-order valence-corrected chi connectivity index (χ0v) is 15.9. The Morgan fingerprint density at radius 2 is 2.00 bits per heavy atom. The van der Waals surface area contributed by atoms with E-state index in [9.17, 15) is 4.79 Å². The van der Waals surface area contributed by atoms with Crippen LogP contribution in [0.1, 0.15) is 58.1 Å². The van der Waals surface area contributed by atoms with E-state index in [1.165, 1.54) is 51.7 Å². The molecule has 4 heteroatoms. The average molecular weight is 347 g/mol. The molecule has 2 atom stereocenters. The molecule has 1 amide bonds. The van der Waals surface area contributed by atoms with E-state index in [0.29, 0.717) is 30.7 Å². The molecule has 2 unspecified atom stereocenters. The van der Waals surface area contributed by atoms with E-state index in [1.807, 2.05) is 12.1 Å². The molecule has 25 heavy (non-hydrogen) atoms. The third-order valence-electron chi connectivity index (χ3n) is 6.48. The molecule has 2 heterocycles. The van der Waals surface area contributed by atoms with Gasteiger partial charge in [0.2, 0.25) is 5.91 Å². The van der Waals surface area contributed by atoms with Gasteiger partial charge in [0.25, 0.3) is 0 Å². The highest BCUT2D eigenvalue weighted by Crippen LogP contribution is 2.41. The minimum Gasteiger partial charge on any atom is -0.467 e. The second-order valence-electron chi connectivity index (χ2n) is 8.08. The van der Waals surface area contributed by atoms with Crippen LogP contribution in [0.4, 0.5) is 0 Å². The summed E-state index contributed by atoms with van der Waals surface area (Å²) in [5.74, 6) is 3.82. The predicted molar refractivity (Wildman–Crippen MR) is 100 cm³/mol. The number of hydrogen-bond acceptors (Lipinski definition) is 3. The van der Waals surface area contributed by atoms with Crippen molar-refractivity contribution in [3.05, 3.63) is 24.2 Å². The van der Waals surface area contributed by atoms with E-state index < -0.39 is 0 Å². The minimum absolute atomic E-state index is 0.187. The van der Waals surface area contributed by atoms with E-state index >= 15 is 0 Å². The van der Waals surface area contributed by atoms with Crippen molar-refractivity contribution in [3.8, 4) is 0 Å². The molecule has 1 aliphatic heterocycles. The zero-order chi connectivity index (χ0) is 17.6. The first-order valence-corrected chi connectivity index (χ1v) is 10.2. The Hall–Kier alpha value is -1.29. The highest BCUT2D eigenvalue weighted by molar-refractivity contribution is 5.76. The first-order valence-electron chi connectivity index (χ1n) is 10.2. The molecule has 0 aromatic carbocycles. The summed E-state index contributed by atoms with van der Waals surface area (Å²) in [6.45, 7) is 8.77. The summed E-state index contributed by atoms with van der Waals surface area (Å²) in [4.78, 5) is 15.1. The molecule has 1 N–H and O–H groups in total. The van der Waals surface area contributed by atoms with Gasteiger partial charge in [-0.15, -0.1) is 0 Å². The van der Waals surface area contributed by atoms with Crippen LogP contribution in [0.5, 0.6) is 0 Å². The van der Waals surface area contributed by atoms with Gasteiger partial charge in [-0.25, -0.2) is 0 Å². The van der Waals surface area contributed by atoms with Crippen molar-refractivity contribution in [1.29, 1.82) is 0 Å². The molecule has 1 saturated heterocycles. The maximum Gasteiger partial charge on any atom is 0.220 e. The van der Waals surface area contributed by atoms with Crippen LogP contribution in [-0.2, 0) is 11.3 Å². The largest absolute Gasteiger partial charge is 0.467 e. The summed E-state index contributed by atoms with van der Waals surface area (Å²) in [5, 5.41) is 3.04. The van der Waals surface area contributed by atoms with Gasteiger partial charge in [-0.2, -0.15) is 0 Å². The summed E-state index contributed by atoms with van der Waals surface area (Å²) < 4.78 is 5.30. The monoisotopic (exact) mass is 346 g/mol. The third-order valence-corrected chi connectivity index (χ3v) is 6.48. The van der Waals surface area contributed by atoms with Crippen LogP contribution in [0, 0.1) is 23.7 Å². The Bertz CT molecular complexity index is 510. The number of furan rings is 1. The lowest BCUT2D eigenvalue weighted by Crippen LogP contribution is -2.50. The van der Waals surface area contributed by atoms with Crippen molar-refractivity contribution in [2.45, 2.75) is 58.9 Å². The molecule has 1 aromatic rings. The number of carbonyl (C=O) groups excluding carboxylic acids is 1. The predicted octanol–water partition coefficient (Wildman–Crippen LogP) is 4.07. The van der Waals surface area contributed by atoms with Crippen molar-refractivity contribution < 1.29 is 9.21 Å². The first-order chi connectivity index (χ1) is 12.2. The van der Waals surface area contributed by atoms with Gasteiger partial charge in [-0.1, -0.05) is 33.1 Å². The molecule has 2 aliphatic rings. The van der Waals surface area contributed by atoms with Gasteiger partial charge in [-0.05, 0) is 48.6 Å². The van der Waals surface area contributed by atoms with Gasteiger partial charge < -0.3 is 14.6 Å². The van der Waals surface area contributed by atoms with Crippen molar-refractivity contribution in [2.75, 3.05) is 19.6 Å². The van der Waals surface area contributed by atoms with Crippen LogP contribution in [0.25, 0.3) is 0 Å². The van der Waals surface area contributed by atoms with Crippen molar-refractivity contribution in [3.63, 3.8) is 0 Å². The van der Waals surface area contributed by atoms with Gasteiger partial charge in [0.05, 0.1) is 12.8 Å². The summed E-state index contributed by atoms with van der Waals surface area (Å²) in [6, 6.07) is 3.77. The fraction of sp³-hybridized carbons (Fsp3) is 0.762. The second kappa shape index (κ2) is 8.88. The minimum atomic E-state index is 0.187. The first kappa shape index (κ1) is 18.5. The van der Waals surface area contributed by atoms with Crippen LogP contribution in [-0.4, -0.2) is 30.4 Å². The summed E-state index contributed by atoms with van der Waals surface area (Å²) in [5.41, 5.74) is 0. The van der Waals surface area contributed by atoms with Crippen LogP contribution in [0.15, 0.2) is 22.8 Å². The van der Waals surface area contributed by atoms with E-state index in [4.69, 9.17) is 4.42 Å². The smallest absolute Gasteiger partial charge is 0.220 e. The summed E-state index contributed by atoms with van der Waals surface area (Å²) in [6.07, 6.45) is 8.84. The van der Waals surface area contributed by atoms with Crippen molar-refractivity contribution >= 4 is 5.91 Å². The maximum atomic E-state index is 12.4. The number of carbonyl (C=O) groups is 1. The number of amides is 1. The number of likely N-dealkylation sites (tertiary alicyclic amines) is 1. The van der Waals surface area contributed by atoms with Gasteiger partial charge in [0.1, 0.15) is 5.76 Å². The molecule has 1 aromatic heterocycles. The van der Waals surface area contributed by atoms with Gasteiger partial charge in [0.15, 0.2) is 0 Å². The van der Waals surface area contributed by atoms with Gasteiger partial charge >= 0.3 is 0 Å². The molecule has 140 valence electrons. The normalized spacial score (nSPS) is 26.8. The molecular formula is C21H34N2O2. The zero-order valence-electron chi connectivity index (χ0n) is 15.9. The second-order valence-corrected chi connectivity index (χ2v) is 8.08. The molecule has 3 rings (SSSR count). The van der Waals surface area contributed by atoms with E-state index in [-0.39, 0.29) is 5.91 Å². The summed E-state index contributed by atoms with van der Waals surface area (Å²) >= 11 is 0. The molecule has 0 spiro atoms. The fourth-order valence-electron chi connectivity index (χ4n) is 4.93. The number of fused-ring (bicyclic) bond motifs is 2. The van der Waals surface area contributed by atoms with Gasteiger partial charge in [0, 0.05) is 26.1 Å². The number of rotatable bonds is 8. The topological polar surface area (TPSA) is 45.5 Å². The molecule has 1 saturated carbocycles. The maximum absolute atomic E-state index is 12.4. The Labute approximate surface area is 152 Å². The molecule has 2 fully saturated rings. The average Bonchev–Trinajstić information content (AvgIpc) is 3.12. The number of hydrogen-bond donors (Lipinski definition) is 1. The Morgan fingerprint density at radius 1 is 1.28 bits per heavy atom. The Balaban J connectivity index is 1.51. The van der Waals surface area contributed by atoms with Crippen molar-refractivity contribution in [2.24, 2.45) is 23.7 Å². The van der Waals surface area contributed by atoms with Crippen molar-refractivity contribution in [1.82, 2.24) is 10.2 Å². The summed E-state index contributed by atoms with van der Waals surface area (Å²) in [7, 11) is 0. The molecule has 0 radical (unpaired) electrons. The van der Waals surface area contributed by atoms with Gasteiger partial charge in [-0.3, -0.25) is 4.79 Å². The molecule has 2 bridgehead atoms. The lowest BCUT2D eigenvalue weighted by molar-refractivity contribution is -0.124. The third kappa shape index (κ3) is 4.87. The number of piperidine rings is 1. The standard InChI is InChI=1S/C21H34N2O2/c1-3-16(4-2)13-23-14-17-7-5-8-18(15-23)20(17)11-21(24)22-12-19-9-6-10-25-19/h6,9-10,16-18,20H,3-5,7-8,11-15H2,1-2H3,(H,22,24). The highest BCUT2D eigenvalue weighted by atomic mass is 16.3. The molecular weight excluding hydrogens is 312 g/mol. The SMILES string of the molecule is CCC(CC)CN1CC2CCCC(C1)C2CC(=O)NCc1ccco1. The molecule has 4 nitrogen and oxygen atoms in total. The number of nitrogens with zero attached hydrogens (tertiary/aromatic N) is 1.